The summed E-state index contributed by atoms with van der Waals surface area (Å²) in [4.78, 5) is 19.8. The highest BCUT2D eigenvalue weighted by Crippen LogP contribution is 2.43. The number of hydrogen-bond donors (Lipinski definition) is 2. The van der Waals surface area contributed by atoms with Crippen molar-refractivity contribution in [3.05, 3.63) is 64.5 Å². The second-order valence-corrected chi connectivity index (χ2v) is 11.2. The Hall–Kier alpha value is -3.11. The molecule has 240 valence electrons. The molecular formula is C30H49O11P. The third kappa shape index (κ3) is 19.9. The number of benzene rings is 1. The first-order chi connectivity index (χ1) is 19.7. The zero-order valence-electron chi connectivity index (χ0n) is 26.4. The second-order valence-electron chi connectivity index (χ2n) is 9.11. The molecule has 1 unspecified atom stereocenters. The summed E-state index contributed by atoms with van der Waals surface area (Å²) < 4.78 is 38.3. The number of aliphatic hydroxyl groups excluding tert-OH is 1. The zero-order valence-corrected chi connectivity index (χ0v) is 27.3. The SMILES string of the molecule is C=C/C(=C\C(=C(/C)O)C(C)C)CCc1c(C)cc(O)cc1C.CCOC(=O)OCOP(C)(=O)OCOC.CCOC=O. The smallest absolute Gasteiger partial charge is 0.510 e. The van der Waals surface area contributed by atoms with Crippen molar-refractivity contribution in [3.8, 4) is 5.75 Å². The molecule has 1 rings (SSSR count). The Morgan fingerprint density at radius 2 is 1.64 bits per heavy atom. The van der Waals surface area contributed by atoms with Gasteiger partial charge in [0.2, 0.25) is 6.79 Å². The van der Waals surface area contributed by atoms with Crippen LogP contribution in [0, 0.1) is 19.8 Å². The number of rotatable bonds is 15. The van der Waals surface area contributed by atoms with E-state index in [-0.39, 0.29) is 19.3 Å². The summed E-state index contributed by atoms with van der Waals surface area (Å²) in [6, 6.07) is 3.61. The van der Waals surface area contributed by atoms with Crippen LogP contribution in [-0.2, 0) is 43.8 Å². The van der Waals surface area contributed by atoms with Crippen molar-refractivity contribution in [1.29, 1.82) is 0 Å². The van der Waals surface area contributed by atoms with E-state index in [9.17, 15) is 24.4 Å². The minimum atomic E-state index is -3.24. The van der Waals surface area contributed by atoms with Gasteiger partial charge in [0.05, 0.1) is 19.0 Å². The lowest BCUT2D eigenvalue weighted by molar-refractivity contribution is -0.128. The van der Waals surface area contributed by atoms with Gasteiger partial charge in [-0.05, 0) is 93.3 Å². The normalized spacial score (nSPS) is 12.9. The third-order valence-electron chi connectivity index (χ3n) is 5.35. The van der Waals surface area contributed by atoms with E-state index in [1.807, 2.05) is 26.0 Å². The van der Waals surface area contributed by atoms with Crippen LogP contribution >= 0.6 is 7.60 Å². The topological polar surface area (TPSA) is 147 Å². The van der Waals surface area contributed by atoms with Gasteiger partial charge in [-0.15, -0.1) is 0 Å². The van der Waals surface area contributed by atoms with Gasteiger partial charge in [0.25, 0.3) is 6.47 Å². The molecule has 42 heavy (non-hydrogen) atoms. The van der Waals surface area contributed by atoms with Gasteiger partial charge in [-0.1, -0.05) is 32.6 Å². The van der Waals surface area contributed by atoms with E-state index in [2.05, 4.69) is 43.9 Å². The molecule has 0 heterocycles. The molecule has 2 N–H and O–H groups in total. The van der Waals surface area contributed by atoms with Gasteiger partial charge in [-0.3, -0.25) is 18.4 Å². The van der Waals surface area contributed by atoms with Gasteiger partial charge >= 0.3 is 13.8 Å². The molecule has 11 nitrogen and oxygen atoms in total. The van der Waals surface area contributed by atoms with Gasteiger partial charge in [0.1, 0.15) is 5.75 Å². The van der Waals surface area contributed by atoms with Crippen molar-refractivity contribution >= 4 is 20.2 Å². The van der Waals surface area contributed by atoms with E-state index >= 15 is 0 Å². The predicted octanol–water partition coefficient (Wildman–Crippen LogP) is 7.30. The summed E-state index contributed by atoms with van der Waals surface area (Å²) in [5.41, 5.74) is 5.55. The largest absolute Gasteiger partial charge is 0.512 e. The number of aryl methyl sites for hydroxylation is 2. The monoisotopic (exact) mass is 616 g/mol. The second kappa shape index (κ2) is 23.5. The lowest BCUT2D eigenvalue weighted by Gasteiger charge is -2.13. The van der Waals surface area contributed by atoms with Crippen LogP contribution in [0.25, 0.3) is 0 Å². The van der Waals surface area contributed by atoms with E-state index in [4.69, 9.17) is 4.52 Å². The minimum absolute atomic E-state index is 0.160. The molecule has 0 aromatic heterocycles. The fourth-order valence-electron chi connectivity index (χ4n) is 3.34. The lowest BCUT2D eigenvalue weighted by atomic mass is 9.93. The number of phenolic OH excluding ortho intramolecular Hbond substituents is 1. The maximum atomic E-state index is 11.4. The quantitative estimate of drug-likeness (QED) is 0.0511. The summed E-state index contributed by atoms with van der Waals surface area (Å²) in [5.74, 6) is 0.961. The number of phenols is 1. The third-order valence-corrected chi connectivity index (χ3v) is 6.50. The van der Waals surface area contributed by atoms with Crippen molar-refractivity contribution in [2.75, 3.05) is 40.6 Å². The molecular weight excluding hydrogens is 567 g/mol. The standard InChI is InChI=1S/C20H28O2.C7H15O7P.C3H6O2/c1-7-17(12-20(13(2)3)16(6)21)8-9-19-14(4)10-18(22)11-15(19)5;1-4-11-7(8)12-6-14-15(3,9)13-5-10-2;1-2-5-3-4/h7,10-13,21-22H,1,8-9H2,2-6H3;4-6H2,1-3H3;3H,2H2,1H3/b17-12+,20-16-;;. The van der Waals surface area contributed by atoms with E-state index in [0.29, 0.717) is 24.6 Å². The van der Waals surface area contributed by atoms with Crippen LogP contribution in [-0.4, -0.2) is 63.4 Å². The number of allylic oxidation sites excluding steroid dienone is 5. The fourth-order valence-corrected chi connectivity index (χ4v) is 3.96. The molecule has 1 aromatic carbocycles. The summed E-state index contributed by atoms with van der Waals surface area (Å²) in [5, 5.41) is 19.4. The summed E-state index contributed by atoms with van der Waals surface area (Å²) in [6.07, 6.45) is 4.77. The molecule has 0 bridgehead atoms. The molecule has 0 fully saturated rings. The highest BCUT2D eigenvalue weighted by molar-refractivity contribution is 7.52. The predicted molar refractivity (Wildman–Crippen MR) is 163 cm³/mol. The Morgan fingerprint density at radius 3 is 2.05 bits per heavy atom. The van der Waals surface area contributed by atoms with Crippen molar-refractivity contribution < 1.29 is 52.4 Å². The number of aliphatic hydroxyl groups is 1. The molecule has 1 atom stereocenters. The number of ether oxygens (including phenoxy) is 4. The average Bonchev–Trinajstić information content (AvgIpc) is 2.89. The first-order valence-electron chi connectivity index (χ1n) is 13.4. The Labute approximate surface area is 250 Å². The van der Waals surface area contributed by atoms with Crippen LogP contribution in [0.5, 0.6) is 5.75 Å². The number of methoxy groups -OCH3 is 1. The van der Waals surface area contributed by atoms with Gasteiger partial charge in [-0.2, -0.15) is 0 Å². The summed E-state index contributed by atoms with van der Waals surface area (Å²) in [6.45, 7) is 18.9. The fraction of sp³-hybridized carbons (Fsp3) is 0.533. The number of aromatic hydroxyl groups is 1. The van der Waals surface area contributed by atoms with E-state index < -0.39 is 20.5 Å². The van der Waals surface area contributed by atoms with Gasteiger partial charge in [0, 0.05) is 13.8 Å². The van der Waals surface area contributed by atoms with Crippen LogP contribution in [0.15, 0.2) is 47.8 Å². The minimum Gasteiger partial charge on any atom is -0.512 e. The Bertz CT molecular complexity index is 1030. The Morgan fingerprint density at radius 1 is 1.07 bits per heavy atom. The number of hydrogen-bond acceptors (Lipinski definition) is 11. The van der Waals surface area contributed by atoms with Crippen LogP contribution in [0.2, 0.25) is 0 Å². The maximum Gasteiger partial charge on any atom is 0.510 e. The van der Waals surface area contributed by atoms with Crippen molar-refractivity contribution in [1.82, 2.24) is 0 Å². The van der Waals surface area contributed by atoms with E-state index in [1.165, 1.54) is 19.3 Å². The Balaban J connectivity index is 0. The number of carbonyl (C=O) groups excluding carboxylic acids is 2. The first-order valence-corrected chi connectivity index (χ1v) is 15.4. The molecule has 0 saturated carbocycles. The zero-order chi connectivity index (χ0) is 32.7. The van der Waals surface area contributed by atoms with Crippen LogP contribution in [0.4, 0.5) is 4.79 Å². The van der Waals surface area contributed by atoms with E-state index in [0.717, 1.165) is 35.1 Å². The highest BCUT2D eigenvalue weighted by Gasteiger charge is 2.18. The molecule has 0 aliphatic heterocycles. The molecule has 1 aromatic rings. The maximum absolute atomic E-state index is 11.4. The van der Waals surface area contributed by atoms with Crippen molar-refractivity contribution in [2.24, 2.45) is 5.92 Å². The van der Waals surface area contributed by atoms with Gasteiger partial charge < -0.3 is 29.2 Å². The molecule has 0 aliphatic carbocycles. The van der Waals surface area contributed by atoms with Gasteiger partial charge in [0.15, 0.2) is 6.79 Å². The lowest BCUT2D eigenvalue weighted by Crippen LogP contribution is -2.10. The molecule has 0 aliphatic rings. The molecule has 0 amide bonds. The highest BCUT2D eigenvalue weighted by atomic mass is 31.2. The molecule has 0 saturated heterocycles. The van der Waals surface area contributed by atoms with Crippen LogP contribution < -0.4 is 0 Å². The molecule has 0 spiro atoms. The molecule has 12 heteroatoms. The summed E-state index contributed by atoms with van der Waals surface area (Å²) >= 11 is 0. The Kier molecular flexibility index (Phi) is 22.9. The van der Waals surface area contributed by atoms with Crippen molar-refractivity contribution in [3.63, 3.8) is 0 Å². The summed E-state index contributed by atoms with van der Waals surface area (Å²) in [7, 11) is -1.86. The van der Waals surface area contributed by atoms with Gasteiger partial charge in [-0.25, -0.2) is 4.79 Å². The van der Waals surface area contributed by atoms with Crippen LogP contribution in [0.3, 0.4) is 0 Å². The van der Waals surface area contributed by atoms with E-state index in [1.54, 1.807) is 32.9 Å². The first kappa shape index (κ1) is 41.0. The van der Waals surface area contributed by atoms with Crippen LogP contribution in [0.1, 0.15) is 57.7 Å². The number of carbonyl (C=O) groups is 2. The van der Waals surface area contributed by atoms with Crippen molar-refractivity contribution in [2.45, 2.75) is 61.3 Å². The average molecular weight is 617 g/mol. The molecule has 0 radical (unpaired) electrons.